The first kappa shape index (κ1) is 8.52. The normalized spacial score (nSPS) is 44.0. The molecule has 2 aliphatic rings. The zero-order chi connectivity index (χ0) is 8.55. The molecule has 2 N–H and O–H groups in total. The Bertz CT molecular complexity index is 144. The molecule has 0 bridgehead atoms. The van der Waals surface area contributed by atoms with Crippen molar-refractivity contribution in [1.82, 2.24) is 0 Å². The number of hydrogen-bond donors (Lipinski definition) is 2. The molecule has 2 heteroatoms. The van der Waals surface area contributed by atoms with Gasteiger partial charge in [-0.05, 0) is 31.1 Å². The van der Waals surface area contributed by atoms with E-state index in [9.17, 15) is 10.2 Å². The zero-order valence-electron chi connectivity index (χ0n) is 7.45. The summed E-state index contributed by atoms with van der Waals surface area (Å²) in [5, 5.41) is 18.9. The van der Waals surface area contributed by atoms with Crippen LogP contribution in [0.5, 0.6) is 0 Å². The van der Waals surface area contributed by atoms with Gasteiger partial charge in [0.2, 0.25) is 0 Å². The highest BCUT2D eigenvalue weighted by molar-refractivity contribution is 4.85. The fourth-order valence-corrected chi connectivity index (χ4v) is 2.60. The topological polar surface area (TPSA) is 40.5 Å². The zero-order valence-corrected chi connectivity index (χ0v) is 7.45. The molecule has 2 atom stereocenters. The molecule has 0 aromatic rings. The molecule has 0 amide bonds. The molecule has 0 saturated heterocycles. The smallest absolute Gasteiger partial charge is 0.0567 e. The van der Waals surface area contributed by atoms with Crippen molar-refractivity contribution in [2.24, 2.45) is 11.8 Å². The summed E-state index contributed by atoms with van der Waals surface area (Å²) in [5.74, 6) is 1.42. The second kappa shape index (κ2) is 3.35. The van der Waals surface area contributed by atoms with Crippen LogP contribution in [0.2, 0.25) is 0 Å². The standard InChI is InChI=1S/C10H18O2/c11-9-4-8(5-10(12)6-9)7-2-1-3-7/h7-12H,1-6H2. The highest BCUT2D eigenvalue weighted by atomic mass is 16.3. The SMILES string of the molecule is OC1CC(O)CC(C2CCC2)C1. The van der Waals surface area contributed by atoms with Gasteiger partial charge in [0.25, 0.3) is 0 Å². The van der Waals surface area contributed by atoms with E-state index in [1.807, 2.05) is 0 Å². The molecule has 2 saturated carbocycles. The molecule has 0 aromatic carbocycles. The summed E-state index contributed by atoms with van der Waals surface area (Å²) in [7, 11) is 0. The molecular formula is C10H18O2. The third kappa shape index (κ3) is 1.64. The maximum atomic E-state index is 9.46. The van der Waals surface area contributed by atoms with Gasteiger partial charge in [-0.1, -0.05) is 19.3 Å². The molecule has 0 radical (unpaired) electrons. The van der Waals surface area contributed by atoms with Gasteiger partial charge in [0.05, 0.1) is 12.2 Å². The van der Waals surface area contributed by atoms with E-state index >= 15 is 0 Å². The second-order valence-corrected chi connectivity index (χ2v) is 4.47. The molecule has 0 aliphatic heterocycles. The van der Waals surface area contributed by atoms with Crippen molar-refractivity contribution in [3.63, 3.8) is 0 Å². The first-order chi connectivity index (χ1) is 5.75. The lowest BCUT2D eigenvalue weighted by molar-refractivity contribution is -0.0129. The van der Waals surface area contributed by atoms with E-state index < -0.39 is 0 Å². The monoisotopic (exact) mass is 170 g/mol. The summed E-state index contributed by atoms with van der Waals surface area (Å²) in [6.45, 7) is 0. The van der Waals surface area contributed by atoms with Crippen LogP contribution in [0.1, 0.15) is 38.5 Å². The lowest BCUT2D eigenvalue weighted by atomic mass is 9.69. The van der Waals surface area contributed by atoms with Crippen molar-refractivity contribution in [2.45, 2.75) is 50.7 Å². The Morgan fingerprint density at radius 2 is 1.33 bits per heavy atom. The molecular weight excluding hydrogens is 152 g/mol. The Morgan fingerprint density at radius 3 is 1.75 bits per heavy atom. The third-order valence-electron chi connectivity index (χ3n) is 3.51. The first-order valence-corrected chi connectivity index (χ1v) is 5.12. The van der Waals surface area contributed by atoms with Gasteiger partial charge < -0.3 is 10.2 Å². The molecule has 2 unspecified atom stereocenters. The number of hydrogen-bond acceptors (Lipinski definition) is 2. The molecule has 0 aromatic heterocycles. The van der Waals surface area contributed by atoms with Gasteiger partial charge in [0.1, 0.15) is 0 Å². The average Bonchev–Trinajstić information content (AvgIpc) is 1.79. The number of rotatable bonds is 1. The molecule has 2 fully saturated rings. The summed E-state index contributed by atoms with van der Waals surface area (Å²) < 4.78 is 0. The Kier molecular flexibility index (Phi) is 2.37. The molecule has 70 valence electrons. The van der Waals surface area contributed by atoms with Crippen molar-refractivity contribution in [1.29, 1.82) is 0 Å². The Hall–Kier alpha value is -0.0800. The van der Waals surface area contributed by atoms with E-state index in [1.54, 1.807) is 0 Å². The summed E-state index contributed by atoms with van der Waals surface area (Å²) in [5.41, 5.74) is 0. The molecule has 0 spiro atoms. The number of aliphatic hydroxyl groups is 2. The molecule has 2 rings (SSSR count). The van der Waals surface area contributed by atoms with Gasteiger partial charge in [-0.3, -0.25) is 0 Å². The van der Waals surface area contributed by atoms with Crippen molar-refractivity contribution >= 4 is 0 Å². The van der Waals surface area contributed by atoms with E-state index in [-0.39, 0.29) is 12.2 Å². The van der Waals surface area contributed by atoms with Crippen LogP contribution in [-0.2, 0) is 0 Å². The Morgan fingerprint density at radius 1 is 0.750 bits per heavy atom. The maximum absolute atomic E-state index is 9.46. The van der Waals surface area contributed by atoms with Crippen molar-refractivity contribution in [3.8, 4) is 0 Å². The predicted molar refractivity (Wildman–Crippen MR) is 46.7 cm³/mol. The van der Waals surface area contributed by atoms with Crippen molar-refractivity contribution in [2.75, 3.05) is 0 Å². The highest BCUT2D eigenvalue weighted by Gasteiger charge is 2.34. The summed E-state index contributed by atoms with van der Waals surface area (Å²) in [6, 6.07) is 0. The van der Waals surface area contributed by atoms with Crippen LogP contribution in [0.4, 0.5) is 0 Å². The van der Waals surface area contributed by atoms with Crippen LogP contribution in [0.15, 0.2) is 0 Å². The van der Waals surface area contributed by atoms with Crippen LogP contribution in [-0.4, -0.2) is 22.4 Å². The first-order valence-electron chi connectivity index (χ1n) is 5.12. The fraction of sp³-hybridized carbons (Fsp3) is 1.00. The average molecular weight is 170 g/mol. The van der Waals surface area contributed by atoms with Gasteiger partial charge in [-0.2, -0.15) is 0 Å². The van der Waals surface area contributed by atoms with Crippen LogP contribution in [0, 0.1) is 11.8 Å². The molecule has 0 heterocycles. The maximum Gasteiger partial charge on any atom is 0.0567 e. The van der Waals surface area contributed by atoms with Gasteiger partial charge >= 0.3 is 0 Å². The van der Waals surface area contributed by atoms with Gasteiger partial charge in [-0.15, -0.1) is 0 Å². The molecule has 2 nitrogen and oxygen atoms in total. The third-order valence-corrected chi connectivity index (χ3v) is 3.51. The van der Waals surface area contributed by atoms with Crippen molar-refractivity contribution < 1.29 is 10.2 Å². The van der Waals surface area contributed by atoms with E-state index in [4.69, 9.17) is 0 Å². The van der Waals surface area contributed by atoms with Crippen molar-refractivity contribution in [3.05, 3.63) is 0 Å². The Balaban J connectivity index is 1.87. The minimum absolute atomic E-state index is 0.237. The van der Waals surface area contributed by atoms with Crippen LogP contribution in [0.3, 0.4) is 0 Å². The van der Waals surface area contributed by atoms with Crippen LogP contribution >= 0.6 is 0 Å². The lowest BCUT2D eigenvalue weighted by Gasteiger charge is -2.39. The van der Waals surface area contributed by atoms with Gasteiger partial charge in [0, 0.05) is 0 Å². The molecule has 2 aliphatic carbocycles. The Labute approximate surface area is 73.6 Å². The molecule has 12 heavy (non-hydrogen) atoms. The van der Waals surface area contributed by atoms with Crippen LogP contribution < -0.4 is 0 Å². The van der Waals surface area contributed by atoms with E-state index in [2.05, 4.69) is 0 Å². The number of aliphatic hydroxyl groups excluding tert-OH is 2. The second-order valence-electron chi connectivity index (χ2n) is 4.47. The fourth-order valence-electron chi connectivity index (χ4n) is 2.60. The van der Waals surface area contributed by atoms with E-state index in [0.717, 1.165) is 18.8 Å². The van der Waals surface area contributed by atoms with E-state index in [1.165, 1.54) is 19.3 Å². The minimum Gasteiger partial charge on any atom is -0.393 e. The summed E-state index contributed by atoms with van der Waals surface area (Å²) in [4.78, 5) is 0. The van der Waals surface area contributed by atoms with Crippen LogP contribution in [0.25, 0.3) is 0 Å². The summed E-state index contributed by atoms with van der Waals surface area (Å²) in [6.07, 6.45) is 5.99. The largest absolute Gasteiger partial charge is 0.393 e. The summed E-state index contributed by atoms with van der Waals surface area (Å²) >= 11 is 0. The van der Waals surface area contributed by atoms with E-state index in [0.29, 0.717) is 12.3 Å². The van der Waals surface area contributed by atoms with Gasteiger partial charge in [0.15, 0.2) is 0 Å². The minimum atomic E-state index is -0.237. The lowest BCUT2D eigenvalue weighted by Crippen LogP contribution is -2.35. The predicted octanol–water partition coefficient (Wildman–Crippen LogP) is 1.31. The quantitative estimate of drug-likeness (QED) is 0.623. The van der Waals surface area contributed by atoms with Gasteiger partial charge in [-0.25, -0.2) is 0 Å². The highest BCUT2D eigenvalue weighted by Crippen LogP contribution is 2.40.